The van der Waals surface area contributed by atoms with Gasteiger partial charge in [0, 0.05) is 6.04 Å². The van der Waals surface area contributed by atoms with E-state index in [1.165, 1.54) is 42.8 Å². The number of amides is 1. The van der Waals surface area contributed by atoms with E-state index in [2.05, 4.69) is 5.32 Å². The molecule has 0 aliphatic heterocycles. The first kappa shape index (κ1) is 19.9. The highest BCUT2D eigenvalue weighted by atomic mass is 32.2. The van der Waals surface area contributed by atoms with Crippen molar-refractivity contribution in [1.29, 1.82) is 0 Å². The van der Waals surface area contributed by atoms with Crippen LogP contribution in [0.15, 0.2) is 53.4 Å². The number of aryl methyl sites for hydroxylation is 1. The third-order valence-corrected chi connectivity index (χ3v) is 7.88. The molecule has 0 radical (unpaired) electrons. The number of sulfonamides is 1. The Balaban J connectivity index is 1.59. The van der Waals surface area contributed by atoms with Crippen LogP contribution in [0.1, 0.15) is 31.2 Å². The van der Waals surface area contributed by atoms with E-state index < -0.39 is 15.8 Å². The SMILES string of the molecule is Cc1ccc(S(=O)(=O)N(CC(=O)NC2CC3CCC2C3)c2ccc(F)cc2)cc1. The van der Waals surface area contributed by atoms with Crippen LogP contribution in [-0.4, -0.2) is 26.9 Å². The number of halogens is 1. The summed E-state index contributed by atoms with van der Waals surface area (Å²) in [5.41, 5.74) is 1.20. The van der Waals surface area contributed by atoms with Crippen LogP contribution in [0.2, 0.25) is 0 Å². The lowest BCUT2D eigenvalue weighted by molar-refractivity contribution is -0.120. The monoisotopic (exact) mass is 416 g/mol. The van der Waals surface area contributed by atoms with Crippen LogP contribution < -0.4 is 9.62 Å². The van der Waals surface area contributed by atoms with Gasteiger partial charge < -0.3 is 5.32 Å². The predicted octanol–water partition coefficient (Wildman–Crippen LogP) is 3.63. The van der Waals surface area contributed by atoms with Crippen molar-refractivity contribution in [3.8, 4) is 0 Å². The van der Waals surface area contributed by atoms with Gasteiger partial charge in [0.25, 0.3) is 10.0 Å². The zero-order valence-electron chi connectivity index (χ0n) is 16.3. The highest BCUT2D eigenvalue weighted by molar-refractivity contribution is 7.92. The molecule has 2 aromatic carbocycles. The van der Waals surface area contributed by atoms with E-state index in [0.717, 1.165) is 29.1 Å². The van der Waals surface area contributed by atoms with Gasteiger partial charge in [-0.25, -0.2) is 12.8 Å². The second-order valence-electron chi connectivity index (χ2n) is 8.15. The highest BCUT2D eigenvalue weighted by Crippen LogP contribution is 2.44. The van der Waals surface area contributed by atoms with E-state index in [4.69, 9.17) is 0 Å². The number of rotatable bonds is 6. The number of anilines is 1. The molecule has 5 nitrogen and oxygen atoms in total. The fraction of sp³-hybridized carbons (Fsp3) is 0.409. The number of fused-ring (bicyclic) bond motifs is 2. The Kier molecular flexibility index (Phi) is 5.34. The standard InChI is InChI=1S/C22H25FN2O3S/c1-15-2-10-20(11-3-15)29(27,28)25(19-8-6-18(23)7-9-19)14-22(26)24-21-13-16-4-5-17(21)12-16/h2-3,6-11,16-17,21H,4-5,12-14H2,1H3,(H,24,26). The smallest absolute Gasteiger partial charge is 0.264 e. The van der Waals surface area contributed by atoms with E-state index in [-0.39, 0.29) is 29.1 Å². The van der Waals surface area contributed by atoms with Crippen LogP contribution in [0, 0.1) is 24.6 Å². The lowest BCUT2D eigenvalue weighted by atomic mass is 9.95. The largest absolute Gasteiger partial charge is 0.352 e. The molecule has 1 amide bonds. The van der Waals surface area contributed by atoms with Crippen molar-refractivity contribution in [1.82, 2.24) is 5.32 Å². The van der Waals surface area contributed by atoms with Crippen LogP contribution in [0.5, 0.6) is 0 Å². The van der Waals surface area contributed by atoms with Gasteiger partial charge in [-0.1, -0.05) is 24.1 Å². The molecule has 154 valence electrons. The molecule has 1 N–H and O–H groups in total. The summed E-state index contributed by atoms with van der Waals surface area (Å²) in [6, 6.07) is 11.7. The molecule has 3 unspecified atom stereocenters. The minimum absolute atomic E-state index is 0.0974. The molecule has 3 atom stereocenters. The number of carbonyl (C=O) groups is 1. The molecule has 2 bridgehead atoms. The van der Waals surface area contributed by atoms with E-state index in [0.29, 0.717) is 11.8 Å². The van der Waals surface area contributed by atoms with Gasteiger partial charge in [-0.05, 0) is 74.4 Å². The lowest BCUT2D eigenvalue weighted by Gasteiger charge is -2.27. The first-order valence-electron chi connectivity index (χ1n) is 9.97. The van der Waals surface area contributed by atoms with Crippen molar-refractivity contribution in [2.24, 2.45) is 11.8 Å². The zero-order valence-corrected chi connectivity index (χ0v) is 17.2. The van der Waals surface area contributed by atoms with Crippen LogP contribution >= 0.6 is 0 Å². The normalized spacial score (nSPS) is 23.2. The Morgan fingerprint density at radius 1 is 1.07 bits per heavy atom. The lowest BCUT2D eigenvalue weighted by Crippen LogP contribution is -2.46. The second kappa shape index (κ2) is 7.78. The average Bonchev–Trinajstić information content (AvgIpc) is 3.30. The molecule has 0 heterocycles. The quantitative estimate of drug-likeness (QED) is 0.782. The first-order chi connectivity index (χ1) is 13.8. The van der Waals surface area contributed by atoms with Crippen molar-refractivity contribution in [3.63, 3.8) is 0 Å². The highest BCUT2D eigenvalue weighted by Gasteiger charge is 2.40. The minimum atomic E-state index is -3.97. The second-order valence-corrected chi connectivity index (χ2v) is 10.0. The van der Waals surface area contributed by atoms with Gasteiger partial charge in [-0.15, -0.1) is 0 Å². The molecule has 7 heteroatoms. The first-order valence-corrected chi connectivity index (χ1v) is 11.4. The van der Waals surface area contributed by atoms with Gasteiger partial charge in [0.15, 0.2) is 0 Å². The Bertz CT molecular complexity index is 990. The van der Waals surface area contributed by atoms with E-state index in [9.17, 15) is 17.6 Å². The topological polar surface area (TPSA) is 66.5 Å². The van der Waals surface area contributed by atoms with Crippen LogP contribution in [-0.2, 0) is 14.8 Å². The molecule has 0 saturated heterocycles. The van der Waals surface area contributed by atoms with E-state index >= 15 is 0 Å². The molecule has 4 rings (SSSR count). The van der Waals surface area contributed by atoms with Crippen molar-refractivity contribution >= 4 is 21.6 Å². The molecule has 0 aromatic heterocycles. The van der Waals surface area contributed by atoms with E-state index in [1.807, 2.05) is 6.92 Å². The summed E-state index contributed by atoms with van der Waals surface area (Å²) in [5.74, 6) is 0.377. The molecule has 2 aliphatic rings. The number of hydrogen-bond donors (Lipinski definition) is 1. The number of nitrogens with one attached hydrogen (secondary N) is 1. The van der Waals surface area contributed by atoms with Gasteiger partial charge >= 0.3 is 0 Å². The fourth-order valence-corrected chi connectivity index (χ4v) is 5.99. The number of carbonyl (C=O) groups excluding carboxylic acids is 1. The van der Waals surface area contributed by atoms with Crippen molar-refractivity contribution in [3.05, 3.63) is 59.9 Å². The van der Waals surface area contributed by atoms with Crippen molar-refractivity contribution in [2.75, 3.05) is 10.8 Å². The third-order valence-electron chi connectivity index (χ3n) is 6.10. The van der Waals surface area contributed by atoms with Crippen molar-refractivity contribution in [2.45, 2.75) is 43.5 Å². The minimum Gasteiger partial charge on any atom is -0.352 e. The van der Waals surface area contributed by atoms with E-state index in [1.54, 1.807) is 12.1 Å². The summed E-state index contributed by atoms with van der Waals surface area (Å²) in [4.78, 5) is 12.9. The summed E-state index contributed by atoms with van der Waals surface area (Å²) in [7, 11) is -3.97. The van der Waals surface area contributed by atoms with Crippen molar-refractivity contribution < 1.29 is 17.6 Å². The predicted molar refractivity (Wildman–Crippen MR) is 109 cm³/mol. The van der Waals surface area contributed by atoms with Gasteiger partial charge in [0.2, 0.25) is 5.91 Å². The summed E-state index contributed by atoms with van der Waals surface area (Å²) < 4.78 is 41.0. The Hall–Kier alpha value is -2.41. The zero-order chi connectivity index (χ0) is 20.6. The Labute approximate surface area is 171 Å². The van der Waals surface area contributed by atoms with Crippen LogP contribution in [0.3, 0.4) is 0 Å². The third kappa shape index (κ3) is 4.15. The molecule has 2 saturated carbocycles. The van der Waals surface area contributed by atoms with Gasteiger partial charge in [-0.3, -0.25) is 9.10 Å². The number of hydrogen-bond acceptors (Lipinski definition) is 3. The molecule has 2 aromatic rings. The van der Waals surface area contributed by atoms with Gasteiger partial charge in [-0.2, -0.15) is 0 Å². The fourth-order valence-electron chi connectivity index (χ4n) is 4.56. The summed E-state index contributed by atoms with van der Waals surface area (Å²) in [6.07, 6.45) is 4.46. The molecule has 2 aliphatic carbocycles. The van der Waals surface area contributed by atoms with Crippen LogP contribution in [0.4, 0.5) is 10.1 Å². The maximum Gasteiger partial charge on any atom is 0.264 e. The molecule has 0 spiro atoms. The maximum absolute atomic E-state index is 13.4. The number of benzene rings is 2. The summed E-state index contributed by atoms with van der Waals surface area (Å²) in [6.45, 7) is 1.53. The summed E-state index contributed by atoms with van der Waals surface area (Å²) >= 11 is 0. The molecule has 2 fully saturated rings. The maximum atomic E-state index is 13.4. The molecular weight excluding hydrogens is 391 g/mol. The Morgan fingerprint density at radius 3 is 2.34 bits per heavy atom. The van der Waals surface area contributed by atoms with Gasteiger partial charge in [0.1, 0.15) is 12.4 Å². The van der Waals surface area contributed by atoms with Crippen LogP contribution in [0.25, 0.3) is 0 Å². The molecular formula is C22H25FN2O3S. The Morgan fingerprint density at radius 2 is 1.76 bits per heavy atom. The number of nitrogens with zero attached hydrogens (tertiary/aromatic N) is 1. The summed E-state index contributed by atoms with van der Waals surface area (Å²) in [5, 5.41) is 3.04. The van der Waals surface area contributed by atoms with Gasteiger partial charge in [0.05, 0.1) is 10.6 Å². The molecule has 29 heavy (non-hydrogen) atoms. The average molecular weight is 417 g/mol.